The number of nitrogens with zero attached hydrogens (tertiary/aromatic N) is 5. The number of nitro groups is 1. The van der Waals surface area contributed by atoms with Gasteiger partial charge in [-0.3, -0.25) is 14.9 Å². The van der Waals surface area contributed by atoms with Crippen molar-refractivity contribution in [3.63, 3.8) is 0 Å². The van der Waals surface area contributed by atoms with Gasteiger partial charge in [0.05, 0.1) is 21.3 Å². The maximum absolute atomic E-state index is 12.6. The monoisotopic (exact) mass is 506 g/mol. The zero-order valence-electron chi connectivity index (χ0n) is 16.8. The molecule has 33 heavy (non-hydrogen) atoms. The van der Waals surface area contributed by atoms with Gasteiger partial charge >= 0.3 is 5.91 Å². The number of aromatic nitrogens is 3. The standard InChI is InChI=1S/C22H15BrN6O4/c23-18-12-17(29(32)33)11-15(19(18)30)13-24-26-22(31)20-25-21(14-7-3-1-4-8-14)28(27-20)16-9-5-2-6-10-16/h1-13,30H,(H,26,31). The third kappa shape index (κ3) is 4.77. The fourth-order valence-corrected chi connectivity index (χ4v) is 3.41. The number of phenolic OH excluding ortho intramolecular Hbond substituents is 1. The predicted molar refractivity (Wildman–Crippen MR) is 124 cm³/mol. The topological polar surface area (TPSA) is 136 Å². The Morgan fingerprint density at radius 3 is 2.45 bits per heavy atom. The van der Waals surface area contributed by atoms with Crippen LogP contribution < -0.4 is 5.43 Å². The summed E-state index contributed by atoms with van der Waals surface area (Å²) in [4.78, 5) is 27.4. The van der Waals surface area contributed by atoms with Crippen molar-refractivity contribution >= 4 is 33.7 Å². The van der Waals surface area contributed by atoms with E-state index in [2.05, 4.69) is 36.5 Å². The Kier molecular flexibility index (Phi) is 6.22. The van der Waals surface area contributed by atoms with Crippen LogP contribution in [0.5, 0.6) is 5.75 Å². The van der Waals surface area contributed by atoms with E-state index in [4.69, 9.17) is 0 Å². The van der Waals surface area contributed by atoms with E-state index in [9.17, 15) is 20.0 Å². The molecule has 0 aliphatic heterocycles. The van der Waals surface area contributed by atoms with Crippen molar-refractivity contribution in [2.45, 2.75) is 0 Å². The number of hydrogen-bond donors (Lipinski definition) is 2. The number of hydrazone groups is 1. The maximum Gasteiger partial charge on any atom is 0.311 e. The Labute approximate surface area is 195 Å². The first-order valence-corrected chi connectivity index (χ1v) is 10.3. The van der Waals surface area contributed by atoms with Crippen LogP contribution in [0.15, 0.2) is 82.4 Å². The first-order valence-electron chi connectivity index (χ1n) is 9.52. The number of hydrogen-bond acceptors (Lipinski definition) is 7. The molecule has 2 N–H and O–H groups in total. The molecular weight excluding hydrogens is 492 g/mol. The quantitative estimate of drug-likeness (QED) is 0.229. The van der Waals surface area contributed by atoms with Gasteiger partial charge < -0.3 is 5.11 Å². The van der Waals surface area contributed by atoms with Gasteiger partial charge in [0.25, 0.3) is 5.69 Å². The lowest BCUT2D eigenvalue weighted by atomic mass is 10.2. The van der Waals surface area contributed by atoms with E-state index in [1.54, 1.807) is 4.68 Å². The van der Waals surface area contributed by atoms with Crippen molar-refractivity contribution in [3.8, 4) is 22.8 Å². The third-order valence-electron chi connectivity index (χ3n) is 4.50. The second-order valence-electron chi connectivity index (χ2n) is 6.69. The number of para-hydroxylation sites is 1. The number of phenols is 1. The fourth-order valence-electron chi connectivity index (χ4n) is 2.95. The van der Waals surface area contributed by atoms with E-state index in [1.807, 2.05) is 60.7 Å². The SMILES string of the molecule is O=C(NN=Cc1cc([N+](=O)[O-])cc(Br)c1O)c1nc(-c2ccccc2)n(-c2ccccc2)n1. The van der Waals surface area contributed by atoms with Crippen molar-refractivity contribution in [1.29, 1.82) is 0 Å². The number of non-ortho nitro benzene ring substituents is 1. The van der Waals surface area contributed by atoms with Gasteiger partial charge in [0.1, 0.15) is 5.75 Å². The summed E-state index contributed by atoms with van der Waals surface area (Å²) in [6.45, 7) is 0. The van der Waals surface area contributed by atoms with Crippen molar-refractivity contribution < 1.29 is 14.8 Å². The van der Waals surface area contributed by atoms with E-state index in [0.717, 1.165) is 29.6 Å². The first kappa shape index (κ1) is 21.8. The number of benzene rings is 3. The van der Waals surface area contributed by atoms with Crippen LogP contribution in [0.25, 0.3) is 17.1 Å². The number of rotatable bonds is 6. The average Bonchev–Trinajstić information content (AvgIpc) is 3.28. The van der Waals surface area contributed by atoms with Gasteiger partial charge in [-0.25, -0.2) is 15.1 Å². The van der Waals surface area contributed by atoms with Crippen LogP contribution >= 0.6 is 15.9 Å². The van der Waals surface area contributed by atoms with Gasteiger partial charge in [-0.15, -0.1) is 5.10 Å². The predicted octanol–water partition coefficient (Wildman–Crippen LogP) is 4.07. The van der Waals surface area contributed by atoms with E-state index in [1.165, 1.54) is 0 Å². The lowest BCUT2D eigenvalue weighted by Gasteiger charge is -2.05. The lowest BCUT2D eigenvalue weighted by Crippen LogP contribution is -2.19. The minimum absolute atomic E-state index is 0.0455. The molecule has 0 aliphatic rings. The summed E-state index contributed by atoms with van der Waals surface area (Å²) in [5, 5.41) is 29.2. The van der Waals surface area contributed by atoms with E-state index in [-0.39, 0.29) is 27.3 Å². The van der Waals surface area contributed by atoms with Gasteiger partial charge in [-0.1, -0.05) is 48.5 Å². The normalized spacial score (nSPS) is 10.9. The fraction of sp³-hybridized carbons (Fsp3) is 0. The highest BCUT2D eigenvalue weighted by atomic mass is 79.9. The summed E-state index contributed by atoms with van der Waals surface area (Å²) in [5.41, 5.74) is 3.57. The highest BCUT2D eigenvalue weighted by molar-refractivity contribution is 9.10. The summed E-state index contributed by atoms with van der Waals surface area (Å²) >= 11 is 3.05. The highest BCUT2D eigenvalue weighted by Gasteiger charge is 2.19. The molecule has 1 heterocycles. The largest absolute Gasteiger partial charge is 0.506 e. The van der Waals surface area contributed by atoms with Crippen LogP contribution in [-0.4, -0.2) is 36.9 Å². The molecule has 0 unspecified atom stereocenters. The minimum Gasteiger partial charge on any atom is -0.506 e. The number of nitro benzene ring substituents is 1. The zero-order chi connectivity index (χ0) is 23.4. The molecule has 164 valence electrons. The average molecular weight is 507 g/mol. The summed E-state index contributed by atoms with van der Waals surface area (Å²) in [7, 11) is 0. The Morgan fingerprint density at radius 2 is 1.79 bits per heavy atom. The molecule has 0 spiro atoms. The van der Waals surface area contributed by atoms with Gasteiger partial charge in [-0.05, 0) is 28.1 Å². The summed E-state index contributed by atoms with van der Waals surface area (Å²) in [6.07, 6.45) is 1.09. The molecule has 0 saturated carbocycles. The first-order chi connectivity index (χ1) is 15.9. The number of aromatic hydroxyl groups is 1. The number of nitrogens with one attached hydrogen (secondary N) is 1. The van der Waals surface area contributed by atoms with Crippen molar-refractivity contribution in [2.75, 3.05) is 0 Å². The molecule has 4 aromatic rings. The van der Waals surface area contributed by atoms with Crippen LogP contribution in [0.2, 0.25) is 0 Å². The van der Waals surface area contributed by atoms with Crippen molar-refractivity contribution in [1.82, 2.24) is 20.2 Å². The Bertz CT molecular complexity index is 1300. The molecular formula is C22H15BrN6O4. The van der Waals surface area contributed by atoms with Gasteiger partial charge in [-0.2, -0.15) is 5.10 Å². The molecule has 11 heteroatoms. The van der Waals surface area contributed by atoms with Crippen molar-refractivity contribution in [2.24, 2.45) is 5.10 Å². The highest BCUT2D eigenvalue weighted by Crippen LogP contribution is 2.31. The minimum atomic E-state index is -0.693. The van der Waals surface area contributed by atoms with E-state index in [0.29, 0.717) is 5.82 Å². The second kappa shape index (κ2) is 9.40. The molecule has 3 aromatic carbocycles. The lowest BCUT2D eigenvalue weighted by molar-refractivity contribution is -0.385. The summed E-state index contributed by atoms with van der Waals surface area (Å²) < 4.78 is 1.68. The van der Waals surface area contributed by atoms with E-state index < -0.39 is 10.8 Å². The maximum atomic E-state index is 12.6. The molecule has 1 amide bonds. The van der Waals surface area contributed by atoms with Gasteiger partial charge in [0.15, 0.2) is 5.82 Å². The van der Waals surface area contributed by atoms with Crippen LogP contribution in [-0.2, 0) is 0 Å². The van der Waals surface area contributed by atoms with Crippen LogP contribution in [0, 0.1) is 10.1 Å². The van der Waals surface area contributed by atoms with E-state index >= 15 is 0 Å². The molecule has 0 bridgehead atoms. The van der Waals surface area contributed by atoms with Crippen LogP contribution in [0.3, 0.4) is 0 Å². The van der Waals surface area contributed by atoms with Gasteiger partial charge in [0, 0.05) is 23.3 Å². The molecule has 0 fully saturated rings. The molecule has 10 nitrogen and oxygen atoms in total. The third-order valence-corrected chi connectivity index (χ3v) is 5.11. The molecule has 1 aromatic heterocycles. The number of carbonyl (C=O) groups excluding carboxylic acids is 1. The Hall–Kier alpha value is -4.38. The summed E-state index contributed by atoms with van der Waals surface area (Å²) in [5.74, 6) is -0.603. The molecule has 4 rings (SSSR count). The van der Waals surface area contributed by atoms with Gasteiger partial charge in [0.2, 0.25) is 5.82 Å². The molecule has 0 atom stereocenters. The summed E-state index contributed by atoms with van der Waals surface area (Å²) in [6, 6.07) is 20.8. The number of amides is 1. The number of carbonyl (C=O) groups is 1. The Balaban J connectivity index is 1.62. The molecule has 0 radical (unpaired) electrons. The smallest absolute Gasteiger partial charge is 0.311 e. The van der Waals surface area contributed by atoms with Crippen LogP contribution in [0.4, 0.5) is 5.69 Å². The number of halogens is 1. The van der Waals surface area contributed by atoms with Crippen molar-refractivity contribution in [3.05, 3.63) is 98.8 Å². The second-order valence-corrected chi connectivity index (χ2v) is 7.55. The molecule has 0 saturated heterocycles. The Morgan fingerprint density at radius 1 is 1.12 bits per heavy atom. The van der Waals surface area contributed by atoms with Crippen LogP contribution in [0.1, 0.15) is 16.2 Å². The molecule has 0 aliphatic carbocycles. The zero-order valence-corrected chi connectivity index (χ0v) is 18.4.